The van der Waals surface area contributed by atoms with E-state index in [1.807, 2.05) is 12.1 Å². The molecule has 2 aromatic carbocycles. The standard InChI is InChI=1S/C24H35N/c1-3-5-6-7-8-9-10-11-24(22-16-18-23(25)19-17-22)21-14-12-20(4-2)13-15-21/h12-19,24H,3-11,25H2,1-2H3. The SMILES string of the molecule is CCCCCCCCCC(c1ccc(N)cc1)c1ccc(CC)cc1. The Morgan fingerprint density at radius 2 is 1.20 bits per heavy atom. The monoisotopic (exact) mass is 337 g/mol. The predicted octanol–water partition coefficient (Wildman–Crippen LogP) is 7.10. The number of hydrogen-bond donors (Lipinski definition) is 1. The first-order valence-corrected chi connectivity index (χ1v) is 10.2. The van der Waals surface area contributed by atoms with Crippen LogP contribution in [0.5, 0.6) is 0 Å². The molecule has 2 rings (SSSR count). The van der Waals surface area contributed by atoms with Crippen molar-refractivity contribution in [1.82, 2.24) is 0 Å². The van der Waals surface area contributed by atoms with Crippen molar-refractivity contribution in [1.29, 1.82) is 0 Å². The molecule has 0 fully saturated rings. The summed E-state index contributed by atoms with van der Waals surface area (Å²) >= 11 is 0. The van der Waals surface area contributed by atoms with Gasteiger partial charge in [-0.25, -0.2) is 0 Å². The summed E-state index contributed by atoms with van der Waals surface area (Å²) in [4.78, 5) is 0. The van der Waals surface area contributed by atoms with Gasteiger partial charge in [-0.3, -0.25) is 0 Å². The fourth-order valence-corrected chi connectivity index (χ4v) is 3.55. The van der Waals surface area contributed by atoms with E-state index in [9.17, 15) is 0 Å². The Morgan fingerprint density at radius 1 is 0.680 bits per heavy atom. The van der Waals surface area contributed by atoms with Gasteiger partial charge in [0.1, 0.15) is 0 Å². The third-order valence-electron chi connectivity index (χ3n) is 5.23. The van der Waals surface area contributed by atoms with Crippen molar-refractivity contribution in [2.45, 2.75) is 77.6 Å². The summed E-state index contributed by atoms with van der Waals surface area (Å²) in [7, 11) is 0. The van der Waals surface area contributed by atoms with Gasteiger partial charge in [-0.15, -0.1) is 0 Å². The van der Waals surface area contributed by atoms with Crippen molar-refractivity contribution in [3.8, 4) is 0 Å². The smallest absolute Gasteiger partial charge is 0.0314 e. The molecule has 2 aromatic rings. The number of unbranched alkanes of at least 4 members (excludes halogenated alkanes) is 6. The highest BCUT2D eigenvalue weighted by Gasteiger charge is 2.14. The van der Waals surface area contributed by atoms with Crippen LogP contribution in [0.2, 0.25) is 0 Å². The Morgan fingerprint density at radius 3 is 1.76 bits per heavy atom. The number of benzene rings is 2. The second-order valence-electron chi connectivity index (χ2n) is 7.22. The summed E-state index contributed by atoms with van der Waals surface area (Å²) in [5, 5.41) is 0. The molecule has 0 amide bonds. The van der Waals surface area contributed by atoms with E-state index in [2.05, 4.69) is 50.2 Å². The lowest BCUT2D eigenvalue weighted by atomic mass is 9.86. The number of nitrogen functional groups attached to an aromatic ring is 1. The molecule has 0 saturated carbocycles. The van der Waals surface area contributed by atoms with Crippen LogP contribution in [0.15, 0.2) is 48.5 Å². The fraction of sp³-hybridized carbons (Fsp3) is 0.500. The van der Waals surface area contributed by atoms with Crippen LogP contribution in [0.4, 0.5) is 5.69 Å². The molecule has 0 spiro atoms. The van der Waals surface area contributed by atoms with Crippen LogP contribution in [0, 0.1) is 0 Å². The second kappa shape index (κ2) is 11.0. The topological polar surface area (TPSA) is 26.0 Å². The molecule has 2 N–H and O–H groups in total. The molecular formula is C24H35N. The molecule has 1 heteroatoms. The van der Waals surface area contributed by atoms with E-state index < -0.39 is 0 Å². The number of nitrogens with two attached hydrogens (primary N) is 1. The van der Waals surface area contributed by atoms with Gasteiger partial charge in [-0.2, -0.15) is 0 Å². The Bertz CT molecular complexity index is 582. The van der Waals surface area contributed by atoms with Gasteiger partial charge >= 0.3 is 0 Å². The van der Waals surface area contributed by atoms with Gasteiger partial charge in [0.2, 0.25) is 0 Å². The number of anilines is 1. The molecular weight excluding hydrogens is 302 g/mol. The molecule has 0 heterocycles. The maximum atomic E-state index is 5.88. The van der Waals surface area contributed by atoms with Crippen LogP contribution in [0.3, 0.4) is 0 Å². The van der Waals surface area contributed by atoms with Gasteiger partial charge in [0.15, 0.2) is 0 Å². The molecule has 0 aliphatic carbocycles. The summed E-state index contributed by atoms with van der Waals surface area (Å²) in [5.41, 5.74) is 11.0. The zero-order valence-electron chi connectivity index (χ0n) is 16.1. The van der Waals surface area contributed by atoms with E-state index >= 15 is 0 Å². The van der Waals surface area contributed by atoms with Crippen molar-refractivity contribution in [2.24, 2.45) is 0 Å². The van der Waals surface area contributed by atoms with Crippen molar-refractivity contribution in [3.63, 3.8) is 0 Å². The van der Waals surface area contributed by atoms with Crippen LogP contribution in [-0.4, -0.2) is 0 Å². The largest absolute Gasteiger partial charge is 0.399 e. The highest BCUT2D eigenvalue weighted by molar-refractivity contribution is 5.43. The van der Waals surface area contributed by atoms with Gasteiger partial charge in [0, 0.05) is 11.6 Å². The Hall–Kier alpha value is -1.76. The number of hydrogen-bond acceptors (Lipinski definition) is 1. The third kappa shape index (κ3) is 6.57. The Labute approximate surface area is 154 Å². The van der Waals surface area contributed by atoms with E-state index in [4.69, 9.17) is 5.73 Å². The zero-order valence-corrected chi connectivity index (χ0v) is 16.1. The molecule has 0 radical (unpaired) electrons. The van der Waals surface area contributed by atoms with Crippen molar-refractivity contribution < 1.29 is 0 Å². The van der Waals surface area contributed by atoms with E-state index in [0.29, 0.717) is 5.92 Å². The lowest BCUT2D eigenvalue weighted by molar-refractivity contribution is 0.559. The van der Waals surface area contributed by atoms with E-state index in [1.165, 1.54) is 68.1 Å². The first-order chi connectivity index (χ1) is 12.2. The normalized spacial score (nSPS) is 12.2. The minimum Gasteiger partial charge on any atom is -0.399 e. The summed E-state index contributed by atoms with van der Waals surface area (Å²) in [6.07, 6.45) is 11.9. The zero-order chi connectivity index (χ0) is 17.9. The van der Waals surface area contributed by atoms with Gasteiger partial charge in [0.25, 0.3) is 0 Å². The molecule has 1 atom stereocenters. The minimum atomic E-state index is 0.488. The summed E-state index contributed by atoms with van der Waals surface area (Å²) in [5.74, 6) is 0.488. The molecule has 25 heavy (non-hydrogen) atoms. The fourth-order valence-electron chi connectivity index (χ4n) is 3.55. The first kappa shape index (κ1) is 19.6. The van der Waals surface area contributed by atoms with Crippen LogP contribution in [-0.2, 0) is 6.42 Å². The minimum absolute atomic E-state index is 0.488. The third-order valence-corrected chi connectivity index (χ3v) is 5.23. The quantitative estimate of drug-likeness (QED) is 0.343. The highest BCUT2D eigenvalue weighted by atomic mass is 14.5. The molecule has 1 unspecified atom stereocenters. The maximum Gasteiger partial charge on any atom is 0.0314 e. The number of aryl methyl sites for hydroxylation is 1. The van der Waals surface area contributed by atoms with Gasteiger partial charge in [-0.05, 0) is 41.7 Å². The van der Waals surface area contributed by atoms with Crippen molar-refractivity contribution in [2.75, 3.05) is 5.73 Å². The van der Waals surface area contributed by atoms with E-state index in [-0.39, 0.29) is 0 Å². The maximum absolute atomic E-state index is 5.88. The van der Waals surface area contributed by atoms with Crippen LogP contribution in [0.25, 0.3) is 0 Å². The molecule has 0 aromatic heterocycles. The van der Waals surface area contributed by atoms with Crippen LogP contribution in [0.1, 0.15) is 87.8 Å². The van der Waals surface area contributed by atoms with Crippen LogP contribution >= 0.6 is 0 Å². The summed E-state index contributed by atoms with van der Waals surface area (Å²) in [6.45, 7) is 4.49. The molecule has 0 aliphatic rings. The molecule has 1 nitrogen and oxygen atoms in total. The molecule has 0 saturated heterocycles. The lowest BCUT2D eigenvalue weighted by Crippen LogP contribution is -2.02. The lowest BCUT2D eigenvalue weighted by Gasteiger charge is -2.19. The van der Waals surface area contributed by atoms with Crippen LogP contribution < -0.4 is 5.73 Å². The Balaban J connectivity index is 1.98. The Kier molecular flexibility index (Phi) is 8.59. The van der Waals surface area contributed by atoms with Crippen molar-refractivity contribution in [3.05, 3.63) is 65.2 Å². The van der Waals surface area contributed by atoms with E-state index in [0.717, 1.165) is 12.1 Å². The average molecular weight is 338 g/mol. The molecule has 0 bridgehead atoms. The van der Waals surface area contributed by atoms with Crippen molar-refractivity contribution >= 4 is 5.69 Å². The van der Waals surface area contributed by atoms with Gasteiger partial charge in [-0.1, -0.05) is 95.2 Å². The van der Waals surface area contributed by atoms with Gasteiger partial charge in [0.05, 0.1) is 0 Å². The van der Waals surface area contributed by atoms with E-state index in [1.54, 1.807) is 0 Å². The summed E-state index contributed by atoms with van der Waals surface area (Å²) < 4.78 is 0. The average Bonchev–Trinajstić information content (AvgIpc) is 2.65. The highest BCUT2D eigenvalue weighted by Crippen LogP contribution is 2.31. The molecule has 0 aliphatic heterocycles. The molecule has 136 valence electrons. The first-order valence-electron chi connectivity index (χ1n) is 10.2. The van der Waals surface area contributed by atoms with Gasteiger partial charge < -0.3 is 5.73 Å². The predicted molar refractivity (Wildman–Crippen MR) is 111 cm³/mol. The number of rotatable bonds is 11. The summed E-state index contributed by atoms with van der Waals surface area (Å²) in [6, 6.07) is 17.7. The second-order valence-corrected chi connectivity index (χ2v) is 7.22.